The lowest BCUT2D eigenvalue weighted by Crippen LogP contribution is -2.30. The topological polar surface area (TPSA) is 76.4 Å². The number of hydrogen-bond donors (Lipinski definition) is 2. The molecule has 0 unspecified atom stereocenters. The molecule has 0 radical (unpaired) electrons. The van der Waals surface area contributed by atoms with E-state index >= 15 is 0 Å². The van der Waals surface area contributed by atoms with Crippen LogP contribution in [0, 0.1) is 10.1 Å². The van der Waals surface area contributed by atoms with Crippen LogP contribution < -0.4 is 10.7 Å². The summed E-state index contributed by atoms with van der Waals surface area (Å²) in [6, 6.07) is 0. The summed E-state index contributed by atoms with van der Waals surface area (Å²) in [6.07, 6.45) is 0.793. The molecule has 13 heavy (non-hydrogen) atoms. The first kappa shape index (κ1) is 12.1. The smallest absolute Gasteiger partial charge is 0.157 e. The summed E-state index contributed by atoms with van der Waals surface area (Å²) >= 11 is 0. The van der Waals surface area contributed by atoms with Gasteiger partial charge in [0.25, 0.3) is 0 Å². The van der Waals surface area contributed by atoms with E-state index in [1.54, 1.807) is 0 Å². The molecular formula is C7H17N3O3. The lowest BCUT2D eigenvalue weighted by molar-refractivity contribution is -0.544. The van der Waals surface area contributed by atoms with Crippen molar-refractivity contribution in [1.82, 2.24) is 10.7 Å². The van der Waals surface area contributed by atoms with Crippen molar-refractivity contribution in [2.24, 2.45) is 0 Å². The van der Waals surface area contributed by atoms with E-state index < -0.39 is 5.03 Å². The Bertz CT molecular complexity index is 117. The van der Waals surface area contributed by atoms with Gasteiger partial charge in [0.1, 0.15) is 0 Å². The molecular weight excluding hydrogens is 174 g/mol. The maximum atomic E-state index is 9.45. The maximum Gasteiger partial charge on any atom is 0.157 e. The molecule has 78 valence electrons. The van der Waals surface area contributed by atoms with Crippen LogP contribution in [0.3, 0.4) is 0 Å². The molecule has 0 aromatic carbocycles. The molecule has 0 amide bonds. The summed E-state index contributed by atoms with van der Waals surface area (Å²) < 4.78 is 5.01. The summed E-state index contributed by atoms with van der Waals surface area (Å²) in [4.78, 5) is 9.45. The zero-order valence-electron chi connectivity index (χ0n) is 7.91. The minimum absolute atomic E-state index is 0.451. The van der Waals surface area contributed by atoms with Crippen LogP contribution >= 0.6 is 0 Å². The van der Waals surface area contributed by atoms with Gasteiger partial charge >= 0.3 is 0 Å². The van der Waals surface area contributed by atoms with Gasteiger partial charge in [-0.15, -0.1) is 5.43 Å². The molecule has 1 rings (SSSR count). The van der Waals surface area contributed by atoms with Gasteiger partial charge in [-0.05, 0) is 6.42 Å². The predicted octanol–water partition coefficient (Wildman–Crippen LogP) is -0.216. The number of morpholine rings is 1. The van der Waals surface area contributed by atoms with Crippen molar-refractivity contribution in [3.8, 4) is 0 Å². The average molecular weight is 191 g/mol. The van der Waals surface area contributed by atoms with E-state index in [-0.39, 0.29) is 0 Å². The van der Waals surface area contributed by atoms with E-state index in [0.29, 0.717) is 6.54 Å². The van der Waals surface area contributed by atoms with E-state index in [0.717, 1.165) is 32.7 Å². The second-order valence-corrected chi connectivity index (χ2v) is 2.53. The van der Waals surface area contributed by atoms with Crippen LogP contribution in [0.15, 0.2) is 0 Å². The van der Waals surface area contributed by atoms with Gasteiger partial charge in [-0.3, -0.25) is 0 Å². The van der Waals surface area contributed by atoms with Gasteiger partial charge in [0.05, 0.1) is 19.8 Å². The Labute approximate surface area is 77.8 Å². The molecule has 6 heteroatoms. The fraction of sp³-hybridized carbons (Fsp3) is 1.00. The fourth-order valence-electron chi connectivity index (χ4n) is 0.719. The highest BCUT2D eigenvalue weighted by molar-refractivity contribution is 4.49. The predicted molar refractivity (Wildman–Crippen MR) is 49.0 cm³/mol. The number of nitrogens with one attached hydrogen (secondary N) is 2. The van der Waals surface area contributed by atoms with Crippen LogP contribution in [0.1, 0.15) is 13.3 Å². The van der Waals surface area contributed by atoms with Gasteiger partial charge in [-0.1, -0.05) is 6.92 Å². The van der Waals surface area contributed by atoms with E-state index in [1.165, 1.54) is 0 Å². The first-order valence-electron chi connectivity index (χ1n) is 4.43. The second-order valence-electron chi connectivity index (χ2n) is 2.53. The van der Waals surface area contributed by atoms with E-state index in [9.17, 15) is 10.1 Å². The highest BCUT2D eigenvalue weighted by Gasteiger charge is 1.92. The summed E-state index contributed by atoms with van der Waals surface area (Å²) in [7, 11) is 0. The molecule has 0 aromatic rings. The Kier molecular flexibility index (Phi) is 8.59. The van der Waals surface area contributed by atoms with E-state index in [4.69, 9.17) is 4.74 Å². The molecule has 1 aliphatic rings. The highest BCUT2D eigenvalue weighted by atomic mass is 16.7. The van der Waals surface area contributed by atoms with Gasteiger partial charge in [0, 0.05) is 13.1 Å². The van der Waals surface area contributed by atoms with Gasteiger partial charge in [-0.2, -0.15) is 0 Å². The molecule has 0 atom stereocenters. The number of nitro groups is 1. The van der Waals surface area contributed by atoms with E-state index in [2.05, 4.69) is 5.32 Å². The summed E-state index contributed by atoms with van der Waals surface area (Å²) in [5, 5.41) is 12.1. The minimum atomic E-state index is -0.538. The molecule has 0 aliphatic carbocycles. The van der Waals surface area contributed by atoms with Crippen molar-refractivity contribution in [2.45, 2.75) is 13.3 Å². The third-order valence-electron chi connectivity index (χ3n) is 1.34. The summed E-state index contributed by atoms with van der Waals surface area (Å²) in [5.74, 6) is 0. The van der Waals surface area contributed by atoms with Crippen LogP contribution in [0.5, 0.6) is 0 Å². The minimum Gasteiger partial charge on any atom is -0.379 e. The Balaban J connectivity index is 0.000000223. The first-order valence-corrected chi connectivity index (χ1v) is 4.43. The SMILES string of the molecule is C1COCCN1.CCCN[N+](=O)[O-]. The number of hydrogen-bond acceptors (Lipinski definition) is 4. The number of nitrogens with zero attached hydrogens (tertiary/aromatic N) is 1. The van der Waals surface area contributed by atoms with Crippen molar-refractivity contribution >= 4 is 0 Å². The van der Waals surface area contributed by atoms with Crippen molar-refractivity contribution in [3.63, 3.8) is 0 Å². The Morgan fingerprint density at radius 3 is 2.31 bits per heavy atom. The maximum absolute atomic E-state index is 9.45. The lowest BCUT2D eigenvalue weighted by Gasteiger charge is -2.10. The monoisotopic (exact) mass is 191 g/mol. The van der Waals surface area contributed by atoms with Gasteiger partial charge in [-0.25, -0.2) is 10.1 Å². The molecule has 0 spiro atoms. The third-order valence-corrected chi connectivity index (χ3v) is 1.34. The highest BCUT2D eigenvalue weighted by Crippen LogP contribution is 1.76. The molecule has 1 fully saturated rings. The first-order chi connectivity index (χ1) is 6.27. The molecule has 1 aliphatic heterocycles. The van der Waals surface area contributed by atoms with Gasteiger partial charge in [0.15, 0.2) is 5.03 Å². The van der Waals surface area contributed by atoms with Crippen LogP contribution in [-0.2, 0) is 4.74 Å². The molecule has 0 bridgehead atoms. The van der Waals surface area contributed by atoms with E-state index in [1.807, 2.05) is 12.3 Å². The van der Waals surface area contributed by atoms with Crippen LogP contribution in [-0.4, -0.2) is 37.9 Å². The van der Waals surface area contributed by atoms with Gasteiger partial charge in [0.2, 0.25) is 0 Å². The third kappa shape index (κ3) is 11.1. The Morgan fingerprint density at radius 2 is 2.15 bits per heavy atom. The molecule has 0 aromatic heterocycles. The number of rotatable bonds is 3. The molecule has 1 saturated heterocycles. The Hall–Kier alpha value is -0.880. The zero-order chi connectivity index (χ0) is 9.94. The number of hydrazine groups is 1. The van der Waals surface area contributed by atoms with Crippen LogP contribution in [0.4, 0.5) is 0 Å². The van der Waals surface area contributed by atoms with Crippen LogP contribution in [0.25, 0.3) is 0 Å². The average Bonchev–Trinajstić information content (AvgIpc) is 2.18. The quantitative estimate of drug-likeness (QED) is 0.476. The van der Waals surface area contributed by atoms with Crippen molar-refractivity contribution < 1.29 is 9.77 Å². The molecule has 1 heterocycles. The second kappa shape index (κ2) is 9.21. The lowest BCUT2D eigenvalue weighted by atomic mass is 10.5. The van der Waals surface area contributed by atoms with Crippen molar-refractivity contribution in [3.05, 3.63) is 10.1 Å². The standard InChI is InChI=1S/C4H9NO.C3H8N2O2/c1-3-6-4-2-5-1;1-2-3-4-5(6)7/h5H,1-4H2;4H,2-3H2,1H3. The number of ether oxygens (including phenoxy) is 1. The molecule has 0 saturated carbocycles. The van der Waals surface area contributed by atoms with Crippen molar-refractivity contribution in [2.75, 3.05) is 32.8 Å². The summed E-state index contributed by atoms with van der Waals surface area (Å²) in [6.45, 7) is 6.16. The Morgan fingerprint density at radius 1 is 1.54 bits per heavy atom. The zero-order valence-corrected chi connectivity index (χ0v) is 7.91. The fourth-order valence-corrected chi connectivity index (χ4v) is 0.719. The van der Waals surface area contributed by atoms with Gasteiger partial charge < -0.3 is 10.1 Å². The largest absolute Gasteiger partial charge is 0.379 e. The van der Waals surface area contributed by atoms with Crippen molar-refractivity contribution in [1.29, 1.82) is 0 Å². The van der Waals surface area contributed by atoms with Crippen LogP contribution in [0.2, 0.25) is 0 Å². The normalized spacial score (nSPS) is 15.5. The molecule has 6 nitrogen and oxygen atoms in total. The summed E-state index contributed by atoms with van der Waals surface area (Å²) in [5.41, 5.74) is 2.02. The molecule has 2 N–H and O–H groups in total.